The average molecular weight is 315 g/mol. The molecular weight excluding hydrogens is 294 g/mol. The lowest BCUT2D eigenvalue weighted by atomic mass is 10.1. The first-order valence-corrected chi connectivity index (χ1v) is 7.91. The van der Waals surface area contributed by atoms with E-state index in [1.54, 1.807) is 26.4 Å². The summed E-state index contributed by atoms with van der Waals surface area (Å²) < 4.78 is 5.21. The molecule has 0 radical (unpaired) electrons. The summed E-state index contributed by atoms with van der Waals surface area (Å²) in [6.07, 6.45) is 5.92. The van der Waals surface area contributed by atoms with Gasteiger partial charge in [-0.05, 0) is 26.2 Å². The number of aromatic nitrogens is 3. The highest BCUT2D eigenvalue weighted by Crippen LogP contribution is 2.33. The van der Waals surface area contributed by atoms with Crippen LogP contribution in [-0.2, 0) is 6.42 Å². The van der Waals surface area contributed by atoms with E-state index in [1.807, 2.05) is 11.8 Å². The summed E-state index contributed by atoms with van der Waals surface area (Å²) in [4.78, 5) is 23.6. The maximum atomic E-state index is 13.0. The molecular formula is C16H21N5O2. The van der Waals surface area contributed by atoms with Crippen molar-refractivity contribution >= 4 is 11.7 Å². The van der Waals surface area contributed by atoms with Gasteiger partial charge < -0.3 is 14.7 Å². The summed E-state index contributed by atoms with van der Waals surface area (Å²) in [6, 6.07) is -0.0534. The summed E-state index contributed by atoms with van der Waals surface area (Å²) >= 11 is 0. The predicted octanol–water partition coefficient (Wildman–Crippen LogP) is 2.35. The van der Waals surface area contributed by atoms with Gasteiger partial charge in [0.1, 0.15) is 17.1 Å². The highest BCUT2D eigenvalue weighted by Gasteiger charge is 2.34. The Kier molecular flexibility index (Phi) is 4.27. The van der Waals surface area contributed by atoms with Crippen molar-refractivity contribution < 1.29 is 9.32 Å². The molecule has 1 amide bonds. The van der Waals surface area contributed by atoms with Gasteiger partial charge in [0.05, 0.1) is 29.8 Å². The van der Waals surface area contributed by atoms with E-state index in [4.69, 9.17) is 4.52 Å². The van der Waals surface area contributed by atoms with E-state index in [-0.39, 0.29) is 11.9 Å². The largest absolute Gasteiger partial charge is 0.372 e. The zero-order chi connectivity index (χ0) is 16.4. The normalized spacial score (nSPS) is 17.5. The van der Waals surface area contributed by atoms with Crippen LogP contribution >= 0.6 is 0 Å². The van der Waals surface area contributed by atoms with Crippen molar-refractivity contribution in [3.05, 3.63) is 35.1 Å². The average Bonchev–Trinajstić information content (AvgIpc) is 3.20. The molecule has 0 saturated carbocycles. The molecule has 1 saturated heterocycles. The van der Waals surface area contributed by atoms with E-state index in [0.717, 1.165) is 18.5 Å². The molecule has 7 nitrogen and oxygen atoms in total. The Morgan fingerprint density at radius 1 is 1.48 bits per heavy atom. The number of likely N-dealkylation sites (tertiary alicyclic amines) is 1. The molecule has 0 aromatic carbocycles. The van der Waals surface area contributed by atoms with Crippen molar-refractivity contribution in [3.63, 3.8) is 0 Å². The lowest BCUT2D eigenvalue weighted by Crippen LogP contribution is -2.32. The number of rotatable bonds is 4. The van der Waals surface area contributed by atoms with Gasteiger partial charge in [-0.3, -0.25) is 9.78 Å². The van der Waals surface area contributed by atoms with E-state index < -0.39 is 0 Å². The molecule has 1 N–H and O–H groups in total. The molecule has 0 bridgehead atoms. The standard InChI is InChI=1S/C16H21N5O2/c1-4-11-15(10(2)23-20-11)16(22)21-7-5-6-13(21)12-8-18-9-14(17-3)19-12/h8-9,13H,4-7H2,1-3H3,(H,17,19)/t13-/m0/s1. The third-order valence-corrected chi connectivity index (χ3v) is 4.25. The van der Waals surface area contributed by atoms with Crippen LogP contribution in [0.3, 0.4) is 0 Å². The molecule has 0 spiro atoms. The Morgan fingerprint density at radius 2 is 2.30 bits per heavy atom. The minimum atomic E-state index is -0.0534. The SMILES string of the molecule is CCc1noc(C)c1C(=O)N1CCC[C@H]1c1cncc(NC)n1. The predicted molar refractivity (Wildman–Crippen MR) is 85.2 cm³/mol. The smallest absolute Gasteiger partial charge is 0.259 e. The molecule has 1 fully saturated rings. The van der Waals surface area contributed by atoms with Gasteiger partial charge in [0.25, 0.3) is 5.91 Å². The molecule has 23 heavy (non-hydrogen) atoms. The van der Waals surface area contributed by atoms with Gasteiger partial charge in [-0.15, -0.1) is 0 Å². The number of hydrogen-bond acceptors (Lipinski definition) is 6. The molecule has 1 aliphatic heterocycles. The first kappa shape index (κ1) is 15.5. The summed E-state index contributed by atoms with van der Waals surface area (Å²) in [5.41, 5.74) is 2.13. The van der Waals surface area contributed by atoms with E-state index in [1.165, 1.54) is 0 Å². The molecule has 0 aliphatic carbocycles. The van der Waals surface area contributed by atoms with Gasteiger partial charge in [-0.25, -0.2) is 4.98 Å². The van der Waals surface area contributed by atoms with Gasteiger partial charge in [0, 0.05) is 13.6 Å². The minimum absolute atomic E-state index is 0.0280. The first-order chi connectivity index (χ1) is 11.2. The van der Waals surface area contributed by atoms with E-state index in [0.29, 0.717) is 35.8 Å². The molecule has 2 aromatic rings. The van der Waals surface area contributed by atoms with Gasteiger partial charge >= 0.3 is 0 Å². The van der Waals surface area contributed by atoms with Gasteiger partial charge in [0.2, 0.25) is 0 Å². The fourth-order valence-electron chi connectivity index (χ4n) is 3.06. The van der Waals surface area contributed by atoms with Crippen LogP contribution in [0.5, 0.6) is 0 Å². The Labute approximate surface area is 135 Å². The van der Waals surface area contributed by atoms with Crippen LogP contribution in [0.1, 0.15) is 53.3 Å². The van der Waals surface area contributed by atoms with Crippen molar-refractivity contribution in [1.82, 2.24) is 20.0 Å². The highest BCUT2D eigenvalue weighted by molar-refractivity contribution is 5.96. The summed E-state index contributed by atoms with van der Waals surface area (Å²) in [5.74, 6) is 1.25. The highest BCUT2D eigenvalue weighted by atomic mass is 16.5. The number of nitrogens with zero attached hydrogens (tertiary/aromatic N) is 4. The second-order valence-corrected chi connectivity index (χ2v) is 5.65. The van der Waals surface area contributed by atoms with Crippen molar-refractivity contribution in [3.8, 4) is 0 Å². The maximum Gasteiger partial charge on any atom is 0.259 e. The third kappa shape index (κ3) is 2.78. The summed E-state index contributed by atoms with van der Waals surface area (Å²) in [6.45, 7) is 4.46. The number of hydrogen-bond donors (Lipinski definition) is 1. The topological polar surface area (TPSA) is 84.2 Å². The number of carbonyl (C=O) groups is 1. The van der Waals surface area contributed by atoms with Crippen LogP contribution in [-0.4, -0.2) is 39.5 Å². The Balaban J connectivity index is 1.92. The number of amides is 1. The molecule has 7 heteroatoms. The van der Waals surface area contributed by atoms with Crippen LogP contribution < -0.4 is 5.32 Å². The number of carbonyl (C=O) groups excluding carboxylic acids is 1. The van der Waals surface area contributed by atoms with E-state index in [2.05, 4.69) is 20.4 Å². The van der Waals surface area contributed by atoms with Gasteiger partial charge in [0.15, 0.2) is 0 Å². The second-order valence-electron chi connectivity index (χ2n) is 5.65. The maximum absolute atomic E-state index is 13.0. The van der Waals surface area contributed by atoms with Crippen LogP contribution in [0.2, 0.25) is 0 Å². The Morgan fingerprint density at radius 3 is 3.04 bits per heavy atom. The molecule has 1 atom stereocenters. The first-order valence-electron chi connectivity index (χ1n) is 7.91. The van der Waals surface area contributed by atoms with Crippen LogP contribution in [0, 0.1) is 6.92 Å². The van der Waals surface area contributed by atoms with E-state index in [9.17, 15) is 4.79 Å². The lowest BCUT2D eigenvalue weighted by Gasteiger charge is -2.24. The third-order valence-electron chi connectivity index (χ3n) is 4.25. The fraction of sp³-hybridized carbons (Fsp3) is 0.500. The minimum Gasteiger partial charge on any atom is -0.372 e. The van der Waals surface area contributed by atoms with Crippen molar-refractivity contribution in [2.45, 2.75) is 39.2 Å². The molecule has 3 heterocycles. The van der Waals surface area contributed by atoms with Gasteiger partial charge in [-0.1, -0.05) is 12.1 Å². The number of aryl methyl sites for hydroxylation is 2. The van der Waals surface area contributed by atoms with E-state index >= 15 is 0 Å². The van der Waals surface area contributed by atoms with Crippen LogP contribution in [0.4, 0.5) is 5.82 Å². The monoisotopic (exact) mass is 315 g/mol. The van der Waals surface area contributed by atoms with Crippen LogP contribution in [0.25, 0.3) is 0 Å². The van der Waals surface area contributed by atoms with Crippen molar-refractivity contribution in [1.29, 1.82) is 0 Å². The van der Waals surface area contributed by atoms with Gasteiger partial charge in [-0.2, -0.15) is 0 Å². The zero-order valence-corrected chi connectivity index (χ0v) is 13.7. The van der Waals surface area contributed by atoms with Crippen LogP contribution in [0.15, 0.2) is 16.9 Å². The molecule has 1 aliphatic rings. The van der Waals surface area contributed by atoms with Crippen molar-refractivity contribution in [2.75, 3.05) is 18.9 Å². The number of anilines is 1. The molecule has 3 rings (SSSR count). The molecule has 0 unspecified atom stereocenters. The lowest BCUT2D eigenvalue weighted by molar-refractivity contribution is 0.0730. The second kappa shape index (κ2) is 6.36. The summed E-state index contributed by atoms with van der Waals surface area (Å²) in [7, 11) is 1.80. The Hall–Kier alpha value is -2.44. The quantitative estimate of drug-likeness (QED) is 0.932. The zero-order valence-electron chi connectivity index (χ0n) is 13.7. The molecule has 122 valence electrons. The Bertz CT molecular complexity index is 712. The van der Waals surface area contributed by atoms with Crippen molar-refractivity contribution in [2.24, 2.45) is 0 Å². The fourth-order valence-corrected chi connectivity index (χ4v) is 3.06. The molecule has 2 aromatic heterocycles. The summed E-state index contributed by atoms with van der Waals surface area (Å²) in [5, 5.41) is 6.98. The number of nitrogens with one attached hydrogen (secondary N) is 1.